The van der Waals surface area contributed by atoms with Crippen LogP contribution < -0.4 is 24.3 Å². The second-order valence-electron chi connectivity index (χ2n) is 9.83. The van der Waals surface area contributed by atoms with Gasteiger partial charge in [-0.3, -0.25) is 9.59 Å². The highest BCUT2D eigenvalue weighted by atomic mass is 32.1. The van der Waals surface area contributed by atoms with Crippen molar-refractivity contribution in [2.24, 2.45) is 0 Å². The smallest absolute Gasteiger partial charge is 0.247 e. The van der Waals surface area contributed by atoms with Crippen molar-refractivity contribution in [3.8, 4) is 23.0 Å². The predicted octanol–water partition coefficient (Wildman–Crippen LogP) is 5.54. The summed E-state index contributed by atoms with van der Waals surface area (Å²) in [5, 5.41) is 5.20. The Morgan fingerprint density at radius 2 is 1.65 bits per heavy atom. The number of ether oxygens (including phenoxy) is 4. The van der Waals surface area contributed by atoms with Gasteiger partial charge in [-0.1, -0.05) is 37.5 Å². The molecule has 1 N–H and O–H groups in total. The third-order valence-electron chi connectivity index (χ3n) is 7.23. The van der Waals surface area contributed by atoms with Gasteiger partial charge in [0.25, 0.3) is 0 Å². The molecule has 2 amide bonds. The van der Waals surface area contributed by atoms with Gasteiger partial charge in [-0.05, 0) is 59.7 Å². The molecular formula is C31H38N2O6S. The molecule has 0 unspecified atom stereocenters. The van der Waals surface area contributed by atoms with Gasteiger partial charge in [0, 0.05) is 17.5 Å². The number of nitrogens with one attached hydrogen (secondary N) is 1. The van der Waals surface area contributed by atoms with Crippen LogP contribution in [0.4, 0.5) is 0 Å². The van der Waals surface area contributed by atoms with Gasteiger partial charge in [-0.2, -0.15) is 0 Å². The number of thiophene rings is 1. The molecule has 0 spiro atoms. The summed E-state index contributed by atoms with van der Waals surface area (Å²) in [5.74, 6) is 1.54. The van der Waals surface area contributed by atoms with Crippen molar-refractivity contribution in [3.63, 3.8) is 0 Å². The van der Waals surface area contributed by atoms with E-state index in [0.29, 0.717) is 28.6 Å². The minimum absolute atomic E-state index is 0.0665. The monoisotopic (exact) mass is 566 g/mol. The van der Waals surface area contributed by atoms with Crippen LogP contribution in [-0.2, 0) is 22.6 Å². The maximum Gasteiger partial charge on any atom is 0.247 e. The van der Waals surface area contributed by atoms with E-state index in [0.717, 1.165) is 36.1 Å². The predicted molar refractivity (Wildman–Crippen MR) is 155 cm³/mol. The maximum atomic E-state index is 14.2. The highest BCUT2D eigenvalue weighted by molar-refractivity contribution is 7.10. The summed E-state index contributed by atoms with van der Waals surface area (Å²) in [4.78, 5) is 30.8. The maximum absolute atomic E-state index is 14.2. The molecule has 1 aliphatic carbocycles. The van der Waals surface area contributed by atoms with E-state index in [4.69, 9.17) is 18.9 Å². The summed E-state index contributed by atoms with van der Waals surface area (Å²) in [6, 6.07) is 14.0. The average Bonchev–Trinajstić information content (AvgIpc) is 3.49. The average molecular weight is 567 g/mol. The van der Waals surface area contributed by atoms with Gasteiger partial charge < -0.3 is 29.2 Å². The zero-order chi connectivity index (χ0) is 28.5. The van der Waals surface area contributed by atoms with Gasteiger partial charge in [-0.15, -0.1) is 11.3 Å². The number of hydrogen-bond acceptors (Lipinski definition) is 7. The van der Waals surface area contributed by atoms with Crippen molar-refractivity contribution in [2.75, 3.05) is 28.4 Å². The van der Waals surface area contributed by atoms with E-state index in [9.17, 15) is 9.59 Å². The van der Waals surface area contributed by atoms with Crippen molar-refractivity contribution < 1.29 is 28.5 Å². The molecule has 0 aliphatic heterocycles. The third kappa shape index (κ3) is 7.07. The van der Waals surface area contributed by atoms with Crippen LogP contribution in [-0.4, -0.2) is 51.2 Å². The number of carbonyl (C=O) groups excluding carboxylic acids is 2. The third-order valence-corrected chi connectivity index (χ3v) is 8.10. The number of benzene rings is 2. The first-order chi connectivity index (χ1) is 19.5. The molecule has 1 atom stereocenters. The first-order valence-corrected chi connectivity index (χ1v) is 14.4. The van der Waals surface area contributed by atoms with Gasteiger partial charge in [0.15, 0.2) is 11.5 Å². The Hall–Kier alpha value is -3.72. The molecule has 40 heavy (non-hydrogen) atoms. The van der Waals surface area contributed by atoms with Crippen LogP contribution in [0.15, 0.2) is 53.9 Å². The molecule has 0 radical (unpaired) electrons. The van der Waals surface area contributed by atoms with E-state index in [1.807, 2.05) is 41.8 Å². The minimum Gasteiger partial charge on any atom is -0.497 e. The molecule has 214 valence electrons. The lowest BCUT2D eigenvalue weighted by Gasteiger charge is -2.34. The Balaban J connectivity index is 1.81. The fourth-order valence-electron chi connectivity index (χ4n) is 5.21. The molecule has 0 bridgehead atoms. The summed E-state index contributed by atoms with van der Waals surface area (Å²) >= 11 is 1.52. The molecule has 1 aromatic heterocycles. The van der Waals surface area contributed by atoms with Crippen LogP contribution in [0.25, 0.3) is 0 Å². The Bertz CT molecular complexity index is 1250. The van der Waals surface area contributed by atoms with Crippen molar-refractivity contribution in [1.82, 2.24) is 10.2 Å². The number of amides is 2. The molecule has 1 aliphatic rings. The molecule has 4 rings (SSSR count). The molecule has 1 saturated carbocycles. The number of hydrogen-bond donors (Lipinski definition) is 1. The van der Waals surface area contributed by atoms with Crippen LogP contribution in [0.1, 0.15) is 54.1 Å². The highest BCUT2D eigenvalue weighted by Crippen LogP contribution is 2.41. The first kappa shape index (κ1) is 29.3. The molecule has 0 saturated heterocycles. The minimum atomic E-state index is -0.936. The quantitative estimate of drug-likeness (QED) is 0.310. The van der Waals surface area contributed by atoms with E-state index in [1.165, 1.54) is 39.1 Å². The van der Waals surface area contributed by atoms with E-state index in [1.54, 1.807) is 24.1 Å². The van der Waals surface area contributed by atoms with Gasteiger partial charge in [0.05, 0.1) is 34.9 Å². The number of rotatable bonds is 12. The number of nitrogens with zero attached hydrogens (tertiary/aromatic N) is 1. The zero-order valence-corrected chi connectivity index (χ0v) is 24.4. The van der Waals surface area contributed by atoms with E-state index >= 15 is 0 Å². The van der Waals surface area contributed by atoms with Crippen molar-refractivity contribution in [3.05, 3.63) is 69.9 Å². The van der Waals surface area contributed by atoms with E-state index in [-0.39, 0.29) is 30.8 Å². The van der Waals surface area contributed by atoms with Crippen molar-refractivity contribution in [1.29, 1.82) is 0 Å². The van der Waals surface area contributed by atoms with Crippen LogP contribution in [0.3, 0.4) is 0 Å². The second-order valence-corrected chi connectivity index (χ2v) is 10.9. The molecule has 1 fully saturated rings. The molecule has 8 nitrogen and oxygen atoms in total. The summed E-state index contributed by atoms with van der Waals surface area (Å²) in [6.45, 7) is 0.209. The SMILES string of the molecule is COc1cccc(CN(C(=O)Cc2cccs2)[C@@H](C(=O)NC2CCCCC2)c2cc(OC)c(OC)c(OC)c2)c1. The number of methoxy groups -OCH3 is 4. The molecule has 3 aromatic rings. The molecular weight excluding hydrogens is 528 g/mol. The second kappa shape index (κ2) is 14.1. The fourth-order valence-corrected chi connectivity index (χ4v) is 5.91. The van der Waals surface area contributed by atoms with Crippen molar-refractivity contribution >= 4 is 23.2 Å². The fraction of sp³-hybridized carbons (Fsp3) is 0.419. The van der Waals surface area contributed by atoms with Gasteiger partial charge in [0.1, 0.15) is 11.8 Å². The first-order valence-electron chi connectivity index (χ1n) is 13.5. The Morgan fingerprint density at radius 1 is 0.925 bits per heavy atom. The Kier molecular flexibility index (Phi) is 10.3. The summed E-state index contributed by atoms with van der Waals surface area (Å²) in [5.41, 5.74) is 1.42. The van der Waals surface area contributed by atoms with Crippen LogP contribution in [0.2, 0.25) is 0 Å². The lowest BCUT2D eigenvalue weighted by atomic mass is 9.94. The van der Waals surface area contributed by atoms with E-state index in [2.05, 4.69) is 5.32 Å². The van der Waals surface area contributed by atoms with Gasteiger partial charge in [0.2, 0.25) is 17.6 Å². The molecule has 2 aromatic carbocycles. The van der Waals surface area contributed by atoms with Crippen LogP contribution in [0, 0.1) is 0 Å². The van der Waals surface area contributed by atoms with Crippen molar-refractivity contribution in [2.45, 2.75) is 57.2 Å². The van der Waals surface area contributed by atoms with Gasteiger partial charge in [-0.25, -0.2) is 0 Å². The summed E-state index contributed by atoms with van der Waals surface area (Å²) in [7, 11) is 6.21. The zero-order valence-electron chi connectivity index (χ0n) is 23.6. The number of carbonyl (C=O) groups is 2. The summed E-state index contributed by atoms with van der Waals surface area (Å²) < 4.78 is 22.2. The Labute approximate surface area is 240 Å². The summed E-state index contributed by atoms with van der Waals surface area (Å²) in [6.07, 6.45) is 5.35. The lowest BCUT2D eigenvalue weighted by molar-refractivity contribution is -0.141. The Morgan fingerprint density at radius 3 is 2.25 bits per heavy atom. The topological polar surface area (TPSA) is 86.3 Å². The largest absolute Gasteiger partial charge is 0.497 e. The standard InChI is InChI=1S/C31H38N2O6S/c1-36-24-13-8-10-21(16-24)20-33(28(34)19-25-14-9-15-40-25)29(31(35)32-23-11-6-5-7-12-23)22-17-26(37-2)30(39-4)27(18-22)38-3/h8-10,13-18,23,29H,5-7,11-12,19-20H2,1-4H3,(H,32,35)/t29-/m1/s1. The lowest BCUT2D eigenvalue weighted by Crippen LogP contribution is -2.47. The van der Waals surface area contributed by atoms with Crippen LogP contribution >= 0.6 is 11.3 Å². The molecule has 9 heteroatoms. The van der Waals surface area contributed by atoms with Crippen LogP contribution in [0.5, 0.6) is 23.0 Å². The van der Waals surface area contributed by atoms with Gasteiger partial charge >= 0.3 is 0 Å². The highest BCUT2D eigenvalue weighted by Gasteiger charge is 2.34. The van der Waals surface area contributed by atoms with E-state index < -0.39 is 6.04 Å². The normalized spacial score (nSPS) is 14.2. The molecule has 1 heterocycles.